The van der Waals surface area contributed by atoms with E-state index in [1.165, 1.54) is 4.57 Å². The Kier molecular flexibility index (Phi) is 2.54. The topological polar surface area (TPSA) is 52.9 Å². The average molecular weight is 164 g/mol. The van der Waals surface area contributed by atoms with Gasteiger partial charge in [-0.15, -0.1) is 12.4 Å². The fourth-order valence-corrected chi connectivity index (χ4v) is 0.667. The number of aryl methyl sites for hydroxylation is 1. The Morgan fingerprint density at radius 3 is 2.20 bits per heavy atom. The summed E-state index contributed by atoms with van der Waals surface area (Å²) in [4.78, 5) is 10.8. The van der Waals surface area contributed by atoms with Crippen molar-refractivity contribution in [1.29, 1.82) is 0 Å². The molecule has 0 amide bonds. The zero-order valence-electron chi connectivity index (χ0n) is 5.87. The summed E-state index contributed by atoms with van der Waals surface area (Å²) in [7, 11) is 1.68. The van der Waals surface area contributed by atoms with Crippen LogP contribution < -0.4 is 11.5 Å². The molecule has 0 atom stereocenters. The third-order valence-corrected chi connectivity index (χ3v) is 1.36. The molecule has 0 aromatic carbocycles. The predicted octanol–water partition coefficient (Wildman–Crippen LogP) is -0.369. The molecule has 1 rings (SSSR count). The van der Waals surface area contributed by atoms with E-state index in [-0.39, 0.29) is 18.1 Å². The van der Waals surface area contributed by atoms with Crippen molar-refractivity contribution in [2.75, 3.05) is 5.84 Å². The summed E-state index contributed by atoms with van der Waals surface area (Å²) in [5, 5.41) is 0. The van der Waals surface area contributed by atoms with E-state index in [4.69, 9.17) is 5.84 Å². The van der Waals surface area contributed by atoms with E-state index in [0.717, 1.165) is 10.4 Å². The Bertz CT molecular complexity index is 275. The number of hydrogen-bond donors (Lipinski definition) is 1. The molecule has 0 saturated carbocycles. The van der Waals surface area contributed by atoms with Crippen LogP contribution in [0.25, 0.3) is 0 Å². The van der Waals surface area contributed by atoms with Crippen LogP contribution in [-0.4, -0.2) is 9.24 Å². The van der Waals surface area contributed by atoms with Gasteiger partial charge in [0.2, 0.25) is 0 Å². The third-order valence-electron chi connectivity index (χ3n) is 1.36. The molecule has 2 N–H and O–H groups in total. The normalized spacial score (nSPS) is 9.00. The third kappa shape index (κ3) is 1.16. The molecule has 0 aliphatic rings. The highest BCUT2D eigenvalue weighted by Crippen LogP contribution is 1.86. The van der Waals surface area contributed by atoms with Gasteiger partial charge in [0, 0.05) is 12.7 Å². The van der Waals surface area contributed by atoms with Gasteiger partial charge in [0.1, 0.15) is 0 Å². The highest BCUT2D eigenvalue weighted by molar-refractivity contribution is 5.85. The quantitative estimate of drug-likeness (QED) is 0.531. The summed E-state index contributed by atoms with van der Waals surface area (Å²) in [5.41, 5.74) is 0.676. The van der Waals surface area contributed by atoms with E-state index in [0.29, 0.717) is 0 Å². The number of imidazole rings is 1. The van der Waals surface area contributed by atoms with E-state index in [9.17, 15) is 4.79 Å². The Hall–Kier alpha value is -0.900. The molecule has 1 heterocycles. The number of nitrogens with zero attached hydrogens (tertiary/aromatic N) is 2. The minimum Gasteiger partial charge on any atom is -0.335 e. The summed E-state index contributed by atoms with van der Waals surface area (Å²) in [6.45, 7) is 1.82. The Morgan fingerprint density at radius 2 is 2.10 bits per heavy atom. The van der Waals surface area contributed by atoms with Gasteiger partial charge in [0.15, 0.2) is 0 Å². The highest BCUT2D eigenvalue weighted by Gasteiger charge is 1.97. The molecular formula is C5H10ClN3O. The average Bonchev–Trinajstić information content (AvgIpc) is 1.98. The Balaban J connectivity index is 0.000000810. The lowest BCUT2D eigenvalue weighted by atomic mass is 10.5. The summed E-state index contributed by atoms with van der Waals surface area (Å²) >= 11 is 0. The first-order chi connectivity index (χ1) is 4.13. The van der Waals surface area contributed by atoms with Crippen molar-refractivity contribution in [1.82, 2.24) is 9.24 Å². The van der Waals surface area contributed by atoms with Gasteiger partial charge < -0.3 is 5.84 Å². The lowest BCUT2D eigenvalue weighted by Gasteiger charge is -1.86. The summed E-state index contributed by atoms with van der Waals surface area (Å²) in [6, 6.07) is 0. The molecule has 0 aliphatic carbocycles. The zero-order valence-corrected chi connectivity index (χ0v) is 6.68. The number of hydrogen-bond acceptors (Lipinski definition) is 2. The predicted molar refractivity (Wildman–Crippen MR) is 41.8 cm³/mol. The first-order valence-corrected chi connectivity index (χ1v) is 2.63. The standard InChI is InChI=1S/C5H9N3O.ClH/c1-4-3-8(6)5(9)7(4)2;/h3H,6H2,1-2H3;1H. The number of halogens is 1. The molecule has 0 fully saturated rings. The molecule has 58 valence electrons. The van der Waals surface area contributed by atoms with Crippen molar-refractivity contribution in [2.24, 2.45) is 7.05 Å². The number of nitrogens with two attached hydrogens (primary N) is 1. The van der Waals surface area contributed by atoms with Gasteiger partial charge in [-0.2, -0.15) is 0 Å². The van der Waals surface area contributed by atoms with Crippen molar-refractivity contribution in [3.63, 3.8) is 0 Å². The van der Waals surface area contributed by atoms with Crippen molar-refractivity contribution >= 4 is 12.4 Å². The maximum atomic E-state index is 10.8. The van der Waals surface area contributed by atoms with E-state index < -0.39 is 0 Å². The smallest absolute Gasteiger partial charge is 0.335 e. The van der Waals surface area contributed by atoms with Gasteiger partial charge in [0.05, 0.1) is 6.20 Å². The number of aromatic nitrogens is 2. The van der Waals surface area contributed by atoms with E-state index in [1.54, 1.807) is 13.2 Å². The lowest BCUT2D eigenvalue weighted by Crippen LogP contribution is -2.27. The zero-order chi connectivity index (χ0) is 7.02. The molecule has 0 spiro atoms. The monoisotopic (exact) mass is 163 g/mol. The fourth-order valence-electron chi connectivity index (χ4n) is 0.667. The van der Waals surface area contributed by atoms with Crippen LogP contribution in [0.3, 0.4) is 0 Å². The van der Waals surface area contributed by atoms with Crippen molar-refractivity contribution in [3.05, 3.63) is 22.4 Å². The molecule has 4 nitrogen and oxygen atoms in total. The van der Waals surface area contributed by atoms with E-state index >= 15 is 0 Å². The lowest BCUT2D eigenvalue weighted by molar-refractivity contribution is 0.790. The van der Waals surface area contributed by atoms with E-state index in [2.05, 4.69) is 0 Å². The second-order valence-corrected chi connectivity index (χ2v) is 2.02. The first-order valence-electron chi connectivity index (χ1n) is 2.63. The van der Waals surface area contributed by atoms with Crippen molar-refractivity contribution in [2.45, 2.75) is 6.92 Å². The SMILES string of the molecule is Cc1cn(N)c(=O)n1C.Cl. The van der Waals surface area contributed by atoms with Crippen molar-refractivity contribution in [3.8, 4) is 0 Å². The first kappa shape index (κ1) is 9.10. The summed E-state index contributed by atoms with van der Waals surface area (Å²) in [5.74, 6) is 5.22. The maximum absolute atomic E-state index is 10.8. The molecular weight excluding hydrogens is 154 g/mol. The molecule has 0 saturated heterocycles. The molecule has 5 heteroatoms. The molecule has 10 heavy (non-hydrogen) atoms. The van der Waals surface area contributed by atoms with Crippen LogP contribution in [0.2, 0.25) is 0 Å². The molecule has 0 unspecified atom stereocenters. The fraction of sp³-hybridized carbons (Fsp3) is 0.400. The summed E-state index contributed by atoms with van der Waals surface area (Å²) in [6.07, 6.45) is 1.59. The van der Waals surface area contributed by atoms with Crippen LogP contribution in [0.4, 0.5) is 0 Å². The molecule has 0 bridgehead atoms. The van der Waals surface area contributed by atoms with E-state index in [1.807, 2.05) is 6.92 Å². The van der Waals surface area contributed by atoms with Gasteiger partial charge >= 0.3 is 5.69 Å². The van der Waals surface area contributed by atoms with Gasteiger partial charge in [-0.05, 0) is 6.92 Å². The molecule has 0 radical (unpaired) electrons. The van der Waals surface area contributed by atoms with Crippen LogP contribution in [0.15, 0.2) is 11.0 Å². The van der Waals surface area contributed by atoms with Gasteiger partial charge in [-0.25, -0.2) is 9.47 Å². The van der Waals surface area contributed by atoms with Crippen LogP contribution in [0.5, 0.6) is 0 Å². The molecule has 1 aromatic rings. The van der Waals surface area contributed by atoms with Crippen LogP contribution in [0, 0.1) is 6.92 Å². The van der Waals surface area contributed by atoms with Crippen LogP contribution >= 0.6 is 12.4 Å². The highest BCUT2D eigenvalue weighted by atomic mass is 35.5. The Morgan fingerprint density at radius 1 is 1.60 bits per heavy atom. The van der Waals surface area contributed by atoms with Gasteiger partial charge in [0.25, 0.3) is 0 Å². The number of nitrogen functional groups attached to an aromatic ring is 1. The number of rotatable bonds is 0. The maximum Gasteiger partial charge on any atom is 0.346 e. The second kappa shape index (κ2) is 2.79. The summed E-state index contributed by atoms with van der Waals surface area (Å²) < 4.78 is 2.55. The minimum atomic E-state index is -0.187. The minimum absolute atomic E-state index is 0. The van der Waals surface area contributed by atoms with Gasteiger partial charge in [-0.3, -0.25) is 4.57 Å². The van der Waals surface area contributed by atoms with Crippen LogP contribution in [0.1, 0.15) is 5.69 Å². The largest absolute Gasteiger partial charge is 0.346 e. The Labute approximate surface area is 64.6 Å². The molecule has 0 aliphatic heterocycles. The van der Waals surface area contributed by atoms with Gasteiger partial charge in [-0.1, -0.05) is 0 Å². The molecule has 1 aromatic heterocycles. The second-order valence-electron chi connectivity index (χ2n) is 2.02. The van der Waals surface area contributed by atoms with Crippen molar-refractivity contribution < 1.29 is 0 Å². The van der Waals surface area contributed by atoms with Crippen LogP contribution in [-0.2, 0) is 7.05 Å².